The Morgan fingerprint density at radius 2 is 2.38 bits per heavy atom. The second-order valence-electron chi connectivity index (χ2n) is 2.70. The maximum atomic E-state index is 11.5. The van der Waals surface area contributed by atoms with Crippen LogP contribution in [0.25, 0.3) is 0 Å². The van der Waals surface area contributed by atoms with Gasteiger partial charge in [-0.2, -0.15) is 0 Å². The van der Waals surface area contributed by atoms with Gasteiger partial charge in [0.15, 0.2) is 0 Å². The minimum absolute atomic E-state index is 0.0184. The molecule has 1 rings (SSSR count). The zero-order chi connectivity index (χ0) is 12.0. The number of carbonyl (C=O) groups excluding carboxylic acids is 1. The van der Waals surface area contributed by atoms with E-state index in [9.17, 15) is 13.2 Å². The van der Waals surface area contributed by atoms with Gasteiger partial charge in [-0.05, 0) is 11.4 Å². The minimum atomic E-state index is -3.47. The Labute approximate surface area is 97.8 Å². The summed E-state index contributed by atoms with van der Waals surface area (Å²) in [5.74, 6) is -0.574. The molecule has 1 aromatic heterocycles. The second-order valence-corrected chi connectivity index (χ2v) is 5.64. The van der Waals surface area contributed by atoms with Gasteiger partial charge in [-0.1, -0.05) is 12.6 Å². The lowest BCUT2D eigenvalue weighted by Gasteiger charge is -2.04. The van der Waals surface area contributed by atoms with E-state index in [4.69, 9.17) is 0 Å². The van der Waals surface area contributed by atoms with Crippen LogP contribution in [0.3, 0.4) is 0 Å². The average Bonchev–Trinajstić information content (AvgIpc) is 2.78. The van der Waals surface area contributed by atoms with Crippen LogP contribution in [0.5, 0.6) is 0 Å². The molecular weight excluding hydrogens is 250 g/mol. The lowest BCUT2D eigenvalue weighted by molar-refractivity contribution is -0.137. The lowest BCUT2D eigenvalue weighted by atomic mass is 10.6. The van der Waals surface area contributed by atoms with E-state index in [1.807, 2.05) is 0 Å². The largest absolute Gasteiger partial charge is 0.461 e. The SMILES string of the molecule is C=CC(=O)OCCNS(=O)(=O)c1cccs1. The fourth-order valence-electron chi connectivity index (χ4n) is 0.874. The van der Waals surface area contributed by atoms with Crippen LogP contribution in [-0.4, -0.2) is 27.5 Å². The lowest BCUT2D eigenvalue weighted by Crippen LogP contribution is -2.27. The summed E-state index contributed by atoms with van der Waals surface area (Å²) < 4.78 is 30.3. The number of rotatable bonds is 6. The number of nitrogens with one attached hydrogen (secondary N) is 1. The third-order valence-corrected chi connectivity index (χ3v) is 4.42. The number of esters is 1. The molecule has 0 amide bonds. The maximum absolute atomic E-state index is 11.5. The number of carbonyl (C=O) groups is 1. The van der Waals surface area contributed by atoms with Crippen molar-refractivity contribution in [3.63, 3.8) is 0 Å². The van der Waals surface area contributed by atoms with Crippen LogP contribution >= 0.6 is 11.3 Å². The molecule has 0 aliphatic carbocycles. The standard InChI is InChI=1S/C9H11NO4S2/c1-2-8(11)14-6-5-10-16(12,13)9-4-3-7-15-9/h2-4,7,10H,1,5-6H2. The molecule has 88 valence electrons. The molecule has 7 heteroatoms. The van der Waals surface area contributed by atoms with Crippen LogP contribution in [0.15, 0.2) is 34.4 Å². The monoisotopic (exact) mass is 261 g/mol. The van der Waals surface area contributed by atoms with Gasteiger partial charge in [0.1, 0.15) is 10.8 Å². The molecule has 0 bridgehead atoms. The first-order chi connectivity index (χ1) is 7.56. The highest BCUT2D eigenvalue weighted by atomic mass is 32.2. The topological polar surface area (TPSA) is 72.5 Å². The molecule has 0 saturated heterocycles. The van der Waals surface area contributed by atoms with Gasteiger partial charge in [-0.3, -0.25) is 0 Å². The van der Waals surface area contributed by atoms with Gasteiger partial charge in [-0.15, -0.1) is 11.3 Å². The van der Waals surface area contributed by atoms with Gasteiger partial charge in [0, 0.05) is 12.6 Å². The molecule has 0 unspecified atom stereocenters. The highest BCUT2D eigenvalue weighted by Gasteiger charge is 2.13. The minimum Gasteiger partial charge on any atom is -0.461 e. The Kier molecular flexibility index (Phi) is 4.66. The Morgan fingerprint density at radius 3 is 2.94 bits per heavy atom. The zero-order valence-electron chi connectivity index (χ0n) is 8.38. The summed E-state index contributed by atoms with van der Waals surface area (Å²) in [5, 5.41) is 1.67. The summed E-state index contributed by atoms with van der Waals surface area (Å²) in [7, 11) is -3.47. The number of hydrogen-bond acceptors (Lipinski definition) is 5. The highest BCUT2D eigenvalue weighted by Crippen LogP contribution is 2.14. The van der Waals surface area contributed by atoms with Crippen LogP contribution in [0, 0.1) is 0 Å². The fourth-order valence-corrected chi connectivity index (χ4v) is 2.92. The van der Waals surface area contributed by atoms with E-state index in [-0.39, 0.29) is 17.4 Å². The molecule has 1 N–H and O–H groups in total. The Bertz CT molecular complexity index is 450. The van der Waals surface area contributed by atoms with Crippen LogP contribution in [-0.2, 0) is 19.6 Å². The molecule has 5 nitrogen and oxygen atoms in total. The van der Waals surface area contributed by atoms with E-state index in [1.165, 1.54) is 6.07 Å². The summed E-state index contributed by atoms with van der Waals surface area (Å²) in [6.45, 7) is 3.24. The van der Waals surface area contributed by atoms with E-state index in [2.05, 4.69) is 16.0 Å². The van der Waals surface area contributed by atoms with Crippen molar-refractivity contribution >= 4 is 27.3 Å². The third-order valence-electron chi connectivity index (χ3n) is 1.57. The molecule has 0 aromatic carbocycles. The molecule has 0 saturated carbocycles. The Balaban J connectivity index is 2.38. The number of hydrogen-bond donors (Lipinski definition) is 1. The van der Waals surface area contributed by atoms with Crippen LogP contribution in [0.4, 0.5) is 0 Å². The molecule has 0 spiro atoms. The average molecular weight is 261 g/mol. The van der Waals surface area contributed by atoms with E-state index in [1.54, 1.807) is 11.4 Å². The predicted molar refractivity (Wildman–Crippen MR) is 60.7 cm³/mol. The van der Waals surface area contributed by atoms with E-state index in [0.717, 1.165) is 17.4 Å². The van der Waals surface area contributed by atoms with Crippen molar-refractivity contribution in [1.82, 2.24) is 4.72 Å². The number of ether oxygens (including phenoxy) is 1. The van der Waals surface area contributed by atoms with Crippen molar-refractivity contribution in [2.75, 3.05) is 13.2 Å². The van der Waals surface area contributed by atoms with E-state index >= 15 is 0 Å². The van der Waals surface area contributed by atoms with Crippen LogP contribution < -0.4 is 4.72 Å². The molecule has 1 aromatic rings. The van der Waals surface area contributed by atoms with Crippen LogP contribution in [0.1, 0.15) is 0 Å². The molecule has 1 heterocycles. The van der Waals surface area contributed by atoms with Gasteiger partial charge in [-0.25, -0.2) is 17.9 Å². The number of thiophene rings is 1. The maximum Gasteiger partial charge on any atom is 0.330 e. The van der Waals surface area contributed by atoms with E-state index < -0.39 is 16.0 Å². The van der Waals surface area contributed by atoms with E-state index in [0.29, 0.717) is 0 Å². The molecular formula is C9H11NO4S2. The van der Waals surface area contributed by atoms with Gasteiger partial charge < -0.3 is 4.74 Å². The summed E-state index contributed by atoms with van der Waals surface area (Å²) >= 11 is 1.12. The van der Waals surface area contributed by atoms with Gasteiger partial charge in [0.05, 0.1) is 0 Å². The number of sulfonamides is 1. The molecule has 0 radical (unpaired) electrons. The Hall–Kier alpha value is -1.18. The molecule has 16 heavy (non-hydrogen) atoms. The third kappa shape index (κ3) is 3.76. The van der Waals surface area contributed by atoms with Gasteiger partial charge in [0.25, 0.3) is 0 Å². The molecule has 0 fully saturated rings. The van der Waals surface area contributed by atoms with Gasteiger partial charge >= 0.3 is 5.97 Å². The summed E-state index contributed by atoms with van der Waals surface area (Å²) in [4.78, 5) is 10.6. The quantitative estimate of drug-likeness (QED) is 0.466. The first-order valence-electron chi connectivity index (χ1n) is 4.38. The molecule has 0 aliphatic rings. The van der Waals surface area contributed by atoms with Crippen molar-refractivity contribution in [3.8, 4) is 0 Å². The van der Waals surface area contributed by atoms with Crippen molar-refractivity contribution in [3.05, 3.63) is 30.2 Å². The second kappa shape index (κ2) is 5.78. The first kappa shape index (κ1) is 12.9. The normalized spacial score (nSPS) is 11.0. The molecule has 0 aliphatic heterocycles. The summed E-state index contributed by atoms with van der Waals surface area (Å²) in [5.41, 5.74) is 0. The first-order valence-corrected chi connectivity index (χ1v) is 6.75. The van der Waals surface area contributed by atoms with Crippen molar-refractivity contribution in [2.24, 2.45) is 0 Å². The van der Waals surface area contributed by atoms with Gasteiger partial charge in [0.2, 0.25) is 10.0 Å². The van der Waals surface area contributed by atoms with Crippen molar-refractivity contribution in [2.45, 2.75) is 4.21 Å². The van der Waals surface area contributed by atoms with Crippen molar-refractivity contribution in [1.29, 1.82) is 0 Å². The van der Waals surface area contributed by atoms with Crippen molar-refractivity contribution < 1.29 is 17.9 Å². The fraction of sp³-hybridized carbons (Fsp3) is 0.222. The molecule has 0 atom stereocenters. The summed E-state index contributed by atoms with van der Waals surface area (Å²) in [6.07, 6.45) is 1.02. The smallest absolute Gasteiger partial charge is 0.330 e. The summed E-state index contributed by atoms with van der Waals surface area (Å²) in [6, 6.07) is 3.15. The highest BCUT2D eigenvalue weighted by molar-refractivity contribution is 7.91. The predicted octanol–water partition coefficient (Wildman–Crippen LogP) is 0.756. The Morgan fingerprint density at radius 1 is 1.62 bits per heavy atom. The van der Waals surface area contributed by atoms with Crippen LogP contribution in [0.2, 0.25) is 0 Å². The zero-order valence-corrected chi connectivity index (χ0v) is 10.0.